The van der Waals surface area contributed by atoms with E-state index in [0.29, 0.717) is 0 Å². The monoisotopic (exact) mass is 250 g/mol. The van der Waals surface area contributed by atoms with E-state index in [-0.39, 0.29) is 0 Å². The molecule has 0 atom stereocenters. The molecule has 0 fully saturated rings. The molecular formula is C17H18N2. The molecule has 1 N–H and O–H groups in total. The van der Waals surface area contributed by atoms with Gasteiger partial charge in [0.15, 0.2) is 0 Å². The van der Waals surface area contributed by atoms with Crippen molar-refractivity contribution in [2.75, 3.05) is 5.43 Å². The molecule has 0 aliphatic heterocycles. The molecule has 96 valence electrons. The Hall–Kier alpha value is -2.09. The fraction of sp³-hybridized carbons (Fsp3) is 0.235. The zero-order chi connectivity index (χ0) is 12.9. The summed E-state index contributed by atoms with van der Waals surface area (Å²) < 4.78 is 0. The van der Waals surface area contributed by atoms with Gasteiger partial charge in [0.25, 0.3) is 0 Å². The molecule has 2 nitrogen and oxygen atoms in total. The average Bonchev–Trinajstić information content (AvgIpc) is 2.68. The molecule has 0 bridgehead atoms. The Balaban J connectivity index is 1.88. The number of hydrogen-bond donors (Lipinski definition) is 1. The first-order chi connectivity index (χ1) is 9.43. The van der Waals surface area contributed by atoms with Crippen molar-refractivity contribution in [3.8, 4) is 0 Å². The smallest absolute Gasteiger partial charge is 0.0682 e. The summed E-state index contributed by atoms with van der Waals surface area (Å²) in [5, 5.41) is 4.62. The van der Waals surface area contributed by atoms with Gasteiger partial charge in [0.05, 0.1) is 11.4 Å². The Bertz CT molecular complexity index is 573. The van der Waals surface area contributed by atoms with Crippen LogP contribution in [0.2, 0.25) is 0 Å². The van der Waals surface area contributed by atoms with Crippen LogP contribution < -0.4 is 5.43 Å². The number of nitrogens with zero attached hydrogens (tertiary/aromatic N) is 1. The van der Waals surface area contributed by atoms with E-state index in [4.69, 9.17) is 0 Å². The van der Waals surface area contributed by atoms with Gasteiger partial charge in [-0.3, -0.25) is 5.43 Å². The van der Waals surface area contributed by atoms with E-state index in [1.165, 1.54) is 36.1 Å². The minimum absolute atomic E-state index is 1.04. The van der Waals surface area contributed by atoms with Crippen LogP contribution in [-0.4, -0.2) is 5.71 Å². The van der Waals surface area contributed by atoms with Gasteiger partial charge in [-0.1, -0.05) is 42.5 Å². The Morgan fingerprint density at radius 1 is 0.789 bits per heavy atom. The van der Waals surface area contributed by atoms with Crippen molar-refractivity contribution in [1.82, 2.24) is 0 Å². The minimum atomic E-state index is 1.04. The Labute approximate surface area is 114 Å². The molecule has 3 rings (SSSR count). The molecule has 0 amide bonds. The van der Waals surface area contributed by atoms with Gasteiger partial charge in [-0.25, -0.2) is 0 Å². The van der Waals surface area contributed by atoms with Gasteiger partial charge in [-0.15, -0.1) is 0 Å². The number of benzene rings is 2. The van der Waals surface area contributed by atoms with Crippen LogP contribution in [0.15, 0.2) is 59.7 Å². The largest absolute Gasteiger partial charge is 0.278 e. The minimum Gasteiger partial charge on any atom is -0.278 e. The number of fused-ring (bicyclic) bond motifs is 1. The number of anilines is 1. The summed E-state index contributed by atoms with van der Waals surface area (Å²) in [7, 11) is 0. The van der Waals surface area contributed by atoms with Gasteiger partial charge in [0, 0.05) is 5.56 Å². The maximum absolute atomic E-state index is 4.62. The van der Waals surface area contributed by atoms with E-state index in [0.717, 1.165) is 12.1 Å². The predicted molar refractivity (Wildman–Crippen MR) is 80.6 cm³/mol. The second-order valence-electron chi connectivity index (χ2n) is 4.90. The first-order valence-electron chi connectivity index (χ1n) is 6.89. The molecule has 0 saturated carbocycles. The molecule has 19 heavy (non-hydrogen) atoms. The summed E-state index contributed by atoms with van der Waals surface area (Å²) in [6, 6.07) is 18.7. The van der Waals surface area contributed by atoms with Gasteiger partial charge < -0.3 is 0 Å². The van der Waals surface area contributed by atoms with Crippen molar-refractivity contribution < 1.29 is 0 Å². The molecular weight excluding hydrogens is 232 g/mol. The lowest BCUT2D eigenvalue weighted by atomic mass is 10.0. The molecule has 0 unspecified atom stereocenters. The average molecular weight is 250 g/mol. The van der Waals surface area contributed by atoms with E-state index in [2.05, 4.69) is 34.8 Å². The predicted octanol–water partition coefficient (Wildman–Crippen LogP) is 4.23. The number of aryl methyl sites for hydroxylation is 1. The lowest BCUT2D eigenvalue weighted by Gasteiger charge is -2.08. The molecule has 1 aliphatic rings. The van der Waals surface area contributed by atoms with Gasteiger partial charge in [-0.2, -0.15) is 5.10 Å². The summed E-state index contributed by atoms with van der Waals surface area (Å²) in [6.45, 7) is 0. The van der Waals surface area contributed by atoms with E-state index in [9.17, 15) is 0 Å². The number of nitrogens with one attached hydrogen (secondary N) is 1. The first kappa shape index (κ1) is 12.0. The summed E-state index contributed by atoms with van der Waals surface area (Å²) in [6.07, 6.45) is 4.68. The Morgan fingerprint density at radius 3 is 2.42 bits per heavy atom. The highest BCUT2D eigenvalue weighted by Gasteiger charge is 2.13. The SMILES string of the molecule is c1ccc(N/N=C2\CCCCc3ccccc32)cc1. The summed E-state index contributed by atoms with van der Waals surface area (Å²) >= 11 is 0. The van der Waals surface area contributed by atoms with Crippen LogP contribution in [0.25, 0.3) is 0 Å². The Kier molecular flexibility index (Phi) is 3.59. The van der Waals surface area contributed by atoms with Crippen LogP contribution in [0.1, 0.15) is 30.4 Å². The lowest BCUT2D eigenvalue weighted by molar-refractivity contribution is 0.776. The fourth-order valence-corrected chi connectivity index (χ4v) is 2.52. The molecule has 2 aromatic rings. The van der Waals surface area contributed by atoms with Crippen molar-refractivity contribution in [2.24, 2.45) is 5.10 Å². The number of hydrogen-bond acceptors (Lipinski definition) is 2. The summed E-state index contributed by atoms with van der Waals surface area (Å²) in [4.78, 5) is 0. The zero-order valence-electron chi connectivity index (χ0n) is 11.0. The number of rotatable bonds is 2. The second kappa shape index (κ2) is 5.70. The van der Waals surface area contributed by atoms with E-state index in [1.807, 2.05) is 30.3 Å². The van der Waals surface area contributed by atoms with Gasteiger partial charge in [0.2, 0.25) is 0 Å². The lowest BCUT2D eigenvalue weighted by Crippen LogP contribution is -2.05. The van der Waals surface area contributed by atoms with Crippen LogP contribution in [0.4, 0.5) is 5.69 Å². The topological polar surface area (TPSA) is 24.4 Å². The summed E-state index contributed by atoms with van der Waals surface area (Å²) in [5.74, 6) is 0. The maximum Gasteiger partial charge on any atom is 0.0682 e. The highest BCUT2D eigenvalue weighted by molar-refractivity contribution is 6.02. The third kappa shape index (κ3) is 2.84. The Morgan fingerprint density at radius 2 is 1.53 bits per heavy atom. The van der Waals surface area contributed by atoms with Crippen molar-refractivity contribution in [3.05, 3.63) is 65.7 Å². The number of para-hydroxylation sites is 1. The normalized spacial score (nSPS) is 16.7. The highest BCUT2D eigenvalue weighted by Crippen LogP contribution is 2.21. The number of hydrazone groups is 1. The van der Waals surface area contributed by atoms with Crippen LogP contribution in [-0.2, 0) is 6.42 Å². The summed E-state index contributed by atoms with van der Waals surface area (Å²) in [5.41, 5.74) is 8.12. The molecule has 0 heterocycles. The van der Waals surface area contributed by atoms with Crippen LogP contribution in [0, 0.1) is 0 Å². The zero-order valence-corrected chi connectivity index (χ0v) is 11.0. The van der Waals surface area contributed by atoms with Crippen molar-refractivity contribution in [1.29, 1.82) is 0 Å². The molecule has 2 aromatic carbocycles. The van der Waals surface area contributed by atoms with Gasteiger partial charge in [-0.05, 0) is 43.4 Å². The molecule has 0 aromatic heterocycles. The quantitative estimate of drug-likeness (QED) is 0.626. The van der Waals surface area contributed by atoms with Crippen LogP contribution >= 0.6 is 0 Å². The third-order valence-corrected chi connectivity index (χ3v) is 3.53. The van der Waals surface area contributed by atoms with Crippen LogP contribution in [0.5, 0.6) is 0 Å². The van der Waals surface area contributed by atoms with E-state index in [1.54, 1.807) is 0 Å². The maximum atomic E-state index is 4.62. The van der Waals surface area contributed by atoms with Crippen molar-refractivity contribution in [2.45, 2.75) is 25.7 Å². The first-order valence-corrected chi connectivity index (χ1v) is 6.89. The van der Waals surface area contributed by atoms with Gasteiger partial charge in [0.1, 0.15) is 0 Å². The molecule has 2 heteroatoms. The molecule has 0 radical (unpaired) electrons. The van der Waals surface area contributed by atoms with E-state index >= 15 is 0 Å². The highest BCUT2D eigenvalue weighted by atomic mass is 15.3. The molecule has 1 aliphatic carbocycles. The standard InChI is InChI=1S/C17H18N2/c1-2-10-15(11-3-1)18-19-17-13-7-5-9-14-8-4-6-12-16(14)17/h1-4,6,8,10-12,18H,5,7,9,13H2/b19-17+. The molecule has 0 spiro atoms. The van der Waals surface area contributed by atoms with E-state index < -0.39 is 0 Å². The fourth-order valence-electron chi connectivity index (χ4n) is 2.52. The van der Waals surface area contributed by atoms with Crippen LogP contribution in [0.3, 0.4) is 0 Å². The van der Waals surface area contributed by atoms with Crippen molar-refractivity contribution >= 4 is 11.4 Å². The second-order valence-corrected chi connectivity index (χ2v) is 4.90. The molecule has 0 saturated heterocycles. The van der Waals surface area contributed by atoms with Gasteiger partial charge >= 0.3 is 0 Å². The van der Waals surface area contributed by atoms with Crippen molar-refractivity contribution in [3.63, 3.8) is 0 Å². The third-order valence-electron chi connectivity index (χ3n) is 3.53.